The Balaban J connectivity index is 2.12. The highest BCUT2D eigenvalue weighted by atomic mass is 35.5. The van der Waals surface area contributed by atoms with Gasteiger partial charge in [-0.15, -0.1) is 0 Å². The molecular formula is C16H10ClN3O. The van der Waals surface area contributed by atoms with Gasteiger partial charge in [0.25, 0.3) is 0 Å². The molecule has 0 bridgehead atoms. The zero-order valence-corrected chi connectivity index (χ0v) is 11.6. The third-order valence-corrected chi connectivity index (χ3v) is 3.44. The van der Waals surface area contributed by atoms with E-state index in [4.69, 9.17) is 27.3 Å². The minimum absolute atomic E-state index is 0.210. The van der Waals surface area contributed by atoms with Crippen molar-refractivity contribution in [3.63, 3.8) is 0 Å². The maximum absolute atomic E-state index is 8.99. The van der Waals surface area contributed by atoms with Crippen LogP contribution in [0.1, 0.15) is 5.56 Å². The third kappa shape index (κ3) is 2.35. The first-order chi connectivity index (χ1) is 10.2. The number of hydrogen-bond donors (Lipinski definition) is 1. The molecule has 5 heteroatoms. The van der Waals surface area contributed by atoms with Gasteiger partial charge in [-0.2, -0.15) is 5.26 Å². The summed E-state index contributed by atoms with van der Waals surface area (Å²) in [6.07, 6.45) is 1.49. The Hall–Kier alpha value is -2.77. The largest absolute Gasteiger partial charge is 0.436 e. The Kier molecular flexibility index (Phi) is 3.35. The molecule has 1 aromatic heterocycles. The maximum Gasteiger partial charge on any atom is 0.244 e. The molecule has 0 atom stereocenters. The molecule has 0 amide bonds. The number of nitrogens with two attached hydrogens (primary N) is 1. The molecule has 0 aliphatic heterocycles. The molecular weight excluding hydrogens is 286 g/mol. The maximum atomic E-state index is 8.99. The monoisotopic (exact) mass is 295 g/mol. The fourth-order valence-electron chi connectivity index (χ4n) is 2.06. The van der Waals surface area contributed by atoms with Gasteiger partial charge in [-0.25, -0.2) is 4.98 Å². The lowest BCUT2D eigenvalue weighted by Gasteiger charge is -2.11. The molecule has 0 saturated carbocycles. The third-order valence-electron chi connectivity index (χ3n) is 3.11. The number of aromatic nitrogens is 1. The summed E-state index contributed by atoms with van der Waals surface area (Å²) >= 11 is 6.17. The predicted octanol–water partition coefficient (Wildman–Crippen LogP) is 4.13. The second-order valence-electron chi connectivity index (χ2n) is 4.38. The minimum atomic E-state index is 0.210. The van der Waals surface area contributed by atoms with Gasteiger partial charge in [-0.3, -0.25) is 0 Å². The van der Waals surface area contributed by atoms with Crippen molar-refractivity contribution >= 4 is 28.1 Å². The summed E-state index contributed by atoms with van der Waals surface area (Å²) in [4.78, 5) is 4.08. The lowest BCUT2D eigenvalue weighted by Crippen LogP contribution is -1.98. The van der Waals surface area contributed by atoms with Crippen molar-refractivity contribution in [2.45, 2.75) is 0 Å². The average molecular weight is 296 g/mol. The molecule has 0 aliphatic rings. The van der Waals surface area contributed by atoms with Gasteiger partial charge in [0.05, 0.1) is 5.56 Å². The van der Waals surface area contributed by atoms with E-state index in [0.717, 1.165) is 10.8 Å². The lowest BCUT2D eigenvalue weighted by atomic mass is 10.1. The number of ether oxygens (including phenoxy) is 1. The van der Waals surface area contributed by atoms with Crippen LogP contribution in [-0.2, 0) is 0 Å². The first-order valence-corrected chi connectivity index (χ1v) is 6.58. The fourth-order valence-corrected chi connectivity index (χ4v) is 2.29. The van der Waals surface area contributed by atoms with Crippen LogP contribution in [0.5, 0.6) is 11.6 Å². The zero-order chi connectivity index (χ0) is 14.8. The van der Waals surface area contributed by atoms with E-state index < -0.39 is 0 Å². The molecule has 0 radical (unpaired) electrons. The normalized spacial score (nSPS) is 10.3. The van der Waals surface area contributed by atoms with Crippen molar-refractivity contribution in [2.24, 2.45) is 0 Å². The Morgan fingerprint density at radius 3 is 2.62 bits per heavy atom. The van der Waals surface area contributed by atoms with Gasteiger partial charge in [0.15, 0.2) is 0 Å². The van der Waals surface area contributed by atoms with Crippen molar-refractivity contribution in [3.05, 3.63) is 59.2 Å². The highest BCUT2D eigenvalue weighted by Crippen LogP contribution is 2.35. The van der Waals surface area contributed by atoms with E-state index in [0.29, 0.717) is 16.3 Å². The van der Waals surface area contributed by atoms with Crippen LogP contribution in [0.25, 0.3) is 10.8 Å². The number of halogens is 1. The summed E-state index contributed by atoms with van der Waals surface area (Å²) < 4.78 is 5.77. The lowest BCUT2D eigenvalue weighted by molar-refractivity contribution is 0.471. The van der Waals surface area contributed by atoms with E-state index in [9.17, 15) is 0 Å². The van der Waals surface area contributed by atoms with E-state index in [2.05, 4.69) is 4.98 Å². The number of nitriles is 1. The van der Waals surface area contributed by atoms with Crippen LogP contribution in [0.4, 0.5) is 5.69 Å². The van der Waals surface area contributed by atoms with Gasteiger partial charge < -0.3 is 10.5 Å². The average Bonchev–Trinajstić information content (AvgIpc) is 2.52. The summed E-state index contributed by atoms with van der Waals surface area (Å²) in [6.45, 7) is 0. The molecule has 3 rings (SSSR count). The highest BCUT2D eigenvalue weighted by Gasteiger charge is 2.11. The van der Waals surface area contributed by atoms with E-state index in [1.54, 1.807) is 18.2 Å². The molecule has 0 saturated heterocycles. The fraction of sp³-hybridized carbons (Fsp3) is 0. The number of pyridine rings is 1. The van der Waals surface area contributed by atoms with Gasteiger partial charge in [-0.1, -0.05) is 35.9 Å². The van der Waals surface area contributed by atoms with Crippen LogP contribution in [-0.4, -0.2) is 4.98 Å². The van der Waals surface area contributed by atoms with Crippen LogP contribution in [0.2, 0.25) is 5.02 Å². The number of benzene rings is 2. The van der Waals surface area contributed by atoms with Crippen LogP contribution in [0.15, 0.2) is 48.7 Å². The summed E-state index contributed by atoms with van der Waals surface area (Å²) in [5.74, 6) is 0.797. The van der Waals surface area contributed by atoms with E-state index >= 15 is 0 Å². The van der Waals surface area contributed by atoms with Gasteiger partial charge in [-0.05, 0) is 18.2 Å². The van der Waals surface area contributed by atoms with Gasteiger partial charge in [0, 0.05) is 22.0 Å². The molecule has 0 aliphatic carbocycles. The molecule has 0 unspecified atom stereocenters. The Bertz CT molecular complexity index is 871. The number of fused-ring (bicyclic) bond motifs is 1. The minimum Gasteiger partial charge on any atom is -0.436 e. The SMILES string of the molecule is N#Cc1ccnc(Oc2ccc(Cl)c3ccccc23)c1N. The zero-order valence-electron chi connectivity index (χ0n) is 10.9. The van der Waals surface area contributed by atoms with E-state index in [-0.39, 0.29) is 11.6 Å². The second-order valence-corrected chi connectivity index (χ2v) is 4.79. The molecule has 21 heavy (non-hydrogen) atoms. The van der Waals surface area contributed by atoms with Gasteiger partial charge in [0.1, 0.15) is 17.5 Å². The van der Waals surface area contributed by atoms with Crippen molar-refractivity contribution in [1.82, 2.24) is 4.98 Å². The van der Waals surface area contributed by atoms with Crippen LogP contribution >= 0.6 is 11.6 Å². The van der Waals surface area contributed by atoms with Crippen LogP contribution in [0, 0.1) is 11.3 Å². The number of nitrogen functional groups attached to an aromatic ring is 1. The first kappa shape index (κ1) is 13.2. The summed E-state index contributed by atoms with van der Waals surface area (Å²) in [5.41, 5.74) is 6.43. The molecule has 1 heterocycles. The molecule has 0 fully saturated rings. The smallest absolute Gasteiger partial charge is 0.244 e. The van der Waals surface area contributed by atoms with E-state index in [1.165, 1.54) is 6.20 Å². The standard InChI is InChI=1S/C16H10ClN3O/c17-13-5-6-14(12-4-2-1-3-11(12)13)21-16-15(19)10(9-18)7-8-20-16/h1-8H,19H2. The molecule has 0 spiro atoms. The Morgan fingerprint density at radius 2 is 1.86 bits per heavy atom. The van der Waals surface area contributed by atoms with Gasteiger partial charge >= 0.3 is 0 Å². The van der Waals surface area contributed by atoms with Crippen molar-refractivity contribution in [3.8, 4) is 17.7 Å². The van der Waals surface area contributed by atoms with Crippen LogP contribution in [0.3, 0.4) is 0 Å². The molecule has 4 nitrogen and oxygen atoms in total. The molecule has 2 aromatic carbocycles. The van der Waals surface area contributed by atoms with E-state index in [1.807, 2.05) is 30.3 Å². The summed E-state index contributed by atoms with van der Waals surface area (Å²) in [6, 6.07) is 14.7. The number of anilines is 1. The Labute approximate surface area is 126 Å². The highest BCUT2D eigenvalue weighted by molar-refractivity contribution is 6.35. The van der Waals surface area contributed by atoms with Gasteiger partial charge in [0.2, 0.25) is 5.88 Å². The number of nitrogens with zero attached hydrogens (tertiary/aromatic N) is 2. The first-order valence-electron chi connectivity index (χ1n) is 6.20. The Morgan fingerprint density at radius 1 is 1.10 bits per heavy atom. The number of rotatable bonds is 2. The molecule has 2 N–H and O–H groups in total. The second kappa shape index (κ2) is 5.31. The molecule has 3 aromatic rings. The van der Waals surface area contributed by atoms with Crippen molar-refractivity contribution < 1.29 is 4.74 Å². The topological polar surface area (TPSA) is 71.9 Å². The quantitative estimate of drug-likeness (QED) is 0.771. The predicted molar refractivity (Wildman–Crippen MR) is 82.4 cm³/mol. The van der Waals surface area contributed by atoms with Crippen molar-refractivity contribution in [1.29, 1.82) is 5.26 Å². The number of hydrogen-bond acceptors (Lipinski definition) is 4. The summed E-state index contributed by atoms with van der Waals surface area (Å²) in [7, 11) is 0. The van der Waals surface area contributed by atoms with Crippen LogP contribution < -0.4 is 10.5 Å². The summed E-state index contributed by atoms with van der Waals surface area (Å²) in [5, 5.41) is 11.4. The van der Waals surface area contributed by atoms with Crippen molar-refractivity contribution in [2.75, 3.05) is 5.73 Å². The molecule has 102 valence electrons.